The lowest BCUT2D eigenvalue weighted by Crippen LogP contribution is -2.43. The Labute approximate surface area is 208 Å². The second kappa shape index (κ2) is 9.93. The maximum Gasteiger partial charge on any atom is 0.254 e. The first-order chi connectivity index (χ1) is 17.0. The van der Waals surface area contributed by atoms with E-state index in [1.54, 1.807) is 0 Å². The Bertz CT molecular complexity index is 1370. The fourth-order valence-corrected chi connectivity index (χ4v) is 4.84. The van der Waals surface area contributed by atoms with Crippen LogP contribution in [0.3, 0.4) is 0 Å². The van der Waals surface area contributed by atoms with Gasteiger partial charge in [0.1, 0.15) is 11.4 Å². The topological polar surface area (TPSA) is 124 Å². The molecule has 35 heavy (non-hydrogen) atoms. The minimum atomic E-state index is -0.600. The number of amides is 1. The van der Waals surface area contributed by atoms with Crippen LogP contribution < -0.4 is 22.1 Å². The Morgan fingerprint density at radius 2 is 1.94 bits per heavy atom. The molecule has 1 saturated carbocycles. The zero-order valence-electron chi connectivity index (χ0n) is 19.2. The van der Waals surface area contributed by atoms with Gasteiger partial charge < -0.3 is 26.7 Å². The summed E-state index contributed by atoms with van der Waals surface area (Å²) in [6, 6.07) is 15.9. The van der Waals surface area contributed by atoms with Crippen LogP contribution >= 0.6 is 11.6 Å². The van der Waals surface area contributed by atoms with Gasteiger partial charge >= 0.3 is 0 Å². The third kappa shape index (κ3) is 4.94. The van der Waals surface area contributed by atoms with E-state index in [4.69, 9.17) is 23.1 Å². The van der Waals surface area contributed by atoms with Gasteiger partial charge in [-0.2, -0.15) is 4.98 Å². The van der Waals surface area contributed by atoms with Crippen molar-refractivity contribution in [3.63, 3.8) is 0 Å². The van der Waals surface area contributed by atoms with Crippen LogP contribution in [0.5, 0.6) is 0 Å². The Kier molecular flexibility index (Phi) is 6.57. The van der Waals surface area contributed by atoms with Gasteiger partial charge in [-0.05, 0) is 42.7 Å². The van der Waals surface area contributed by atoms with Crippen molar-refractivity contribution < 1.29 is 4.79 Å². The number of anilines is 3. The van der Waals surface area contributed by atoms with E-state index in [2.05, 4.69) is 25.2 Å². The molecule has 1 aliphatic carbocycles. The number of nitrogens with two attached hydrogens (primary N) is 2. The molecule has 1 aliphatic rings. The van der Waals surface area contributed by atoms with Gasteiger partial charge in [-0.15, -0.1) is 0 Å². The highest BCUT2D eigenvalue weighted by Gasteiger charge is 2.23. The van der Waals surface area contributed by atoms with Crippen LogP contribution in [0.2, 0.25) is 5.02 Å². The molecule has 6 N–H and O–H groups in total. The molecule has 1 fully saturated rings. The Morgan fingerprint density at radius 3 is 2.74 bits per heavy atom. The summed E-state index contributed by atoms with van der Waals surface area (Å²) < 4.78 is 2.13. The monoisotopic (exact) mass is 489 g/mol. The molecule has 0 spiro atoms. The molecule has 0 saturated heterocycles. The van der Waals surface area contributed by atoms with Crippen molar-refractivity contribution in [1.29, 1.82) is 0 Å². The zero-order chi connectivity index (χ0) is 24.4. The van der Waals surface area contributed by atoms with E-state index >= 15 is 0 Å². The largest absolute Gasteiger partial charge is 0.365 e. The molecule has 2 atom stereocenters. The number of carbonyl (C=O) groups excluding carboxylic acids is 1. The summed E-state index contributed by atoms with van der Waals surface area (Å²) in [6.45, 7) is 0.641. The number of nitrogens with zero attached hydrogens (tertiary/aromatic N) is 3. The number of carbonyl (C=O) groups is 1. The van der Waals surface area contributed by atoms with Crippen LogP contribution in [0.4, 0.5) is 17.5 Å². The van der Waals surface area contributed by atoms with Crippen molar-refractivity contribution in [3.8, 4) is 0 Å². The van der Waals surface area contributed by atoms with Crippen LogP contribution in [0.15, 0.2) is 60.9 Å². The molecule has 2 aromatic carbocycles. The normalized spacial score (nSPS) is 17.9. The minimum Gasteiger partial charge on any atom is -0.365 e. The van der Waals surface area contributed by atoms with Crippen molar-refractivity contribution in [2.45, 2.75) is 44.3 Å². The van der Waals surface area contributed by atoms with Crippen molar-refractivity contribution in [2.75, 3.05) is 10.6 Å². The molecular weight excluding hydrogens is 462 g/mol. The number of aromatic nitrogens is 3. The number of primary amides is 1. The molecule has 2 aromatic heterocycles. The highest BCUT2D eigenvalue weighted by molar-refractivity contribution is 6.31. The second-order valence-corrected chi connectivity index (χ2v) is 9.32. The molecule has 2 heterocycles. The van der Waals surface area contributed by atoms with E-state index in [9.17, 15) is 4.79 Å². The molecule has 0 radical (unpaired) electrons. The Balaban J connectivity index is 1.45. The third-order valence-corrected chi connectivity index (χ3v) is 6.92. The number of rotatable bonds is 7. The van der Waals surface area contributed by atoms with Crippen LogP contribution in [-0.4, -0.2) is 32.5 Å². The predicted molar refractivity (Wildman–Crippen MR) is 140 cm³/mol. The predicted octanol–water partition coefficient (Wildman–Crippen LogP) is 4.66. The van der Waals surface area contributed by atoms with Crippen LogP contribution in [-0.2, 0) is 6.54 Å². The molecular formula is C26H28ClN7O. The van der Waals surface area contributed by atoms with Gasteiger partial charge in [0.05, 0.1) is 5.52 Å². The standard InChI is InChI=1S/C26H28ClN7O/c27-19-7-2-1-6-16(19)15-34-13-12-17-21(10-5-11-23(17)34)31-25-18(24(29)35)14-30-26(33-25)32-22-9-4-3-8-20(22)28/h1-2,5-7,10-14,20,22H,3-4,8-9,15,28H2,(H2,29,35)(H2,30,31,32,33). The van der Waals surface area contributed by atoms with Gasteiger partial charge in [-0.1, -0.05) is 48.7 Å². The van der Waals surface area contributed by atoms with Crippen LogP contribution in [0, 0.1) is 0 Å². The lowest BCUT2D eigenvalue weighted by molar-refractivity contribution is 0.100. The average Bonchev–Trinajstić information content (AvgIpc) is 3.26. The first kappa shape index (κ1) is 23.1. The molecule has 4 aromatic rings. The summed E-state index contributed by atoms with van der Waals surface area (Å²) in [5.74, 6) is 0.172. The first-order valence-electron chi connectivity index (χ1n) is 11.8. The summed E-state index contributed by atoms with van der Waals surface area (Å²) in [5.41, 5.74) is 15.0. The lowest BCUT2D eigenvalue weighted by Gasteiger charge is -2.29. The maximum absolute atomic E-state index is 12.1. The summed E-state index contributed by atoms with van der Waals surface area (Å²) in [7, 11) is 0. The number of halogens is 1. The van der Waals surface area contributed by atoms with Crippen LogP contribution in [0.25, 0.3) is 10.9 Å². The van der Waals surface area contributed by atoms with Crippen molar-refractivity contribution in [3.05, 3.63) is 77.1 Å². The lowest BCUT2D eigenvalue weighted by atomic mass is 9.91. The first-order valence-corrected chi connectivity index (χ1v) is 12.1. The fourth-order valence-electron chi connectivity index (χ4n) is 4.64. The SMILES string of the molecule is NC(=O)c1cnc(NC2CCCCC2N)nc1Nc1cccc2c1ccn2Cc1ccccc1Cl. The summed E-state index contributed by atoms with van der Waals surface area (Å²) in [4.78, 5) is 21.0. The van der Waals surface area contributed by atoms with Gasteiger partial charge in [0, 0.05) is 47.1 Å². The molecule has 0 bridgehead atoms. The highest BCUT2D eigenvalue weighted by Crippen LogP contribution is 2.30. The van der Waals surface area contributed by atoms with E-state index in [1.807, 2.05) is 54.7 Å². The number of hydrogen-bond donors (Lipinski definition) is 4. The van der Waals surface area contributed by atoms with E-state index in [1.165, 1.54) is 6.20 Å². The second-order valence-electron chi connectivity index (χ2n) is 8.92. The van der Waals surface area contributed by atoms with Gasteiger partial charge in [0.15, 0.2) is 0 Å². The number of benzene rings is 2. The summed E-state index contributed by atoms with van der Waals surface area (Å²) in [6.07, 6.45) is 7.65. The summed E-state index contributed by atoms with van der Waals surface area (Å²) in [5, 5.41) is 8.37. The molecule has 8 nitrogen and oxygen atoms in total. The molecule has 0 aliphatic heterocycles. The number of hydrogen-bond acceptors (Lipinski definition) is 6. The minimum absolute atomic E-state index is 0.0474. The maximum atomic E-state index is 12.1. The van der Waals surface area contributed by atoms with E-state index < -0.39 is 5.91 Å². The van der Waals surface area contributed by atoms with Gasteiger partial charge in [-0.25, -0.2) is 4.98 Å². The Hall–Kier alpha value is -3.62. The summed E-state index contributed by atoms with van der Waals surface area (Å²) >= 11 is 6.37. The van der Waals surface area contributed by atoms with Crippen molar-refractivity contribution in [1.82, 2.24) is 14.5 Å². The molecule has 9 heteroatoms. The quantitative estimate of drug-likeness (QED) is 0.299. The zero-order valence-corrected chi connectivity index (χ0v) is 20.0. The van der Waals surface area contributed by atoms with Gasteiger partial charge in [0.2, 0.25) is 5.95 Å². The number of nitrogens with one attached hydrogen (secondary N) is 2. The smallest absolute Gasteiger partial charge is 0.254 e. The molecule has 5 rings (SSSR count). The average molecular weight is 490 g/mol. The van der Waals surface area contributed by atoms with Gasteiger partial charge in [-0.3, -0.25) is 4.79 Å². The molecule has 180 valence electrons. The van der Waals surface area contributed by atoms with E-state index in [0.717, 1.165) is 52.9 Å². The fraction of sp³-hybridized carbons (Fsp3) is 0.269. The number of fused-ring (bicyclic) bond motifs is 1. The third-order valence-electron chi connectivity index (χ3n) is 6.55. The van der Waals surface area contributed by atoms with Gasteiger partial charge in [0.25, 0.3) is 5.91 Å². The van der Waals surface area contributed by atoms with Crippen molar-refractivity contribution >= 4 is 45.9 Å². The highest BCUT2D eigenvalue weighted by atomic mass is 35.5. The molecule has 2 unspecified atom stereocenters. The van der Waals surface area contributed by atoms with Crippen LogP contribution in [0.1, 0.15) is 41.6 Å². The Morgan fingerprint density at radius 1 is 1.11 bits per heavy atom. The van der Waals surface area contributed by atoms with Crippen molar-refractivity contribution in [2.24, 2.45) is 11.5 Å². The van der Waals surface area contributed by atoms with E-state index in [-0.39, 0.29) is 17.6 Å². The van der Waals surface area contributed by atoms with E-state index in [0.29, 0.717) is 18.3 Å². The molecule has 1 amide bonds.